The maximum atomic E-state index is 12.2. The SMILES string of the molecule is CCCC1(C(=O)O)CCN(C(=O)C2CCC(=O)N2)C1. The number of aliphatic carboxylic acids is 1. The van der Waals surface area contributed by atoms with Crippen molar-refractivity contribution < 1.29 is 19.5 Å². The number of nitrogens with zero attached hydrogens (tertiary/aromatic N) is 1. The first kappa shape index (κ1) is 13.8. The number of carbonyl (C=O) groups excluding carboxylic acids is 2. The van der Waals surface area contributed by atoms with Gasteiger partial charge in [0.1, 0.15) is 6.04 Å². The average Bonchev–Trinajstić information content (AvgIpc) is 2.96. The Morgan fingerprint density at radius 2 is 2.26 bits per heavy atom. The van der Waals surface area contributed by atoms with Gasteiger partial charge in [0, 0.05) is 19.5 Å². The number of carbonyl (C=O) groups is 3. The predicted octanol–water partition coefficient (Wildman–Crippen LogP) is 0.368. The summed E-state index contributed by atoms with van der Waals surface area (Å²) in [6.07, 6.45) is 2.77. The van der Waals surface area contributed by atoms with E-state index in [1.165, 1.54) is 0 Å². The molecule has 2 unspecified atom stereocenters. The van der Waals surface area contributed by atoms with E-state index in [1.54, 1.807) is 4.90 Å². The minimum absolute atomic E-state index is 0.101. The summed E-state index contributed by atoms with van der Waals surface area (Å²) in [5, 5.41) is 12.0. The number of rotatable bonds is 4. The quantitative estimate of drug-likeness (QED) is 0.771. The molecule has 2 aliphatic heterocycles. The van der Waals surface area contributed by atoms with E-state index in [4.69, 9.17) is 0 Å². The molecule has 0 aromatic heterocycles. The molecule has 6 nitrogen and oxygen atoms in total. The summed E-state index contributed by atoms with van der Waals surface area (Å²) >= 11 is 0. The summed E-state index contributed by atoms with van der Waals surface area (Å²) in [6, 6.07) is -0.460. The Hall–Kier alpha value is -1.59. The minimum Gasteiger partial charge on any atom is -0.481 e. The first-order valence-electron chi connectivity index (χ1n) is 6.80. The number of carboxylic acids is 1. The van der Waals surface area contributed by atoms with Crippen LogP contribution in [0.5, 0.6) is 0 Å². The molecular formula is C13H20N2O4. The molecule has 2 amide bonds. The van der Waals surface area contributed by atoms with E-state index in [0.29, 0.717) is 32.2 Å². The fourth-order valence-electron chi connectivity index (χ4n) is 3.04. The lowest BCUT2D eigenvalue weighted by atomic mass is 9.83. The standard InChI is InChI=1S/C13H20N2O4/c1-2-5-13(12(18)19)6-7-15(8-13)11(17)9-3-4-10(16)14-9/h9H,2-8H2,1H3,(H,14,16)(H,18,19). The van der Waals surface area contributed by atoms with Gasteiger partial charge in [0.2, 0.25) is 11.8 Å². The van der Waals surface area contributed by atoms with E-state index >= 15 is 0 Å². The second-order valence-electron chi connectivity index (χ2n) is 5.50. The molecule has 0 aromatic carbocycles. The molecule has 2 rings (SSSR count). The zero-order chi connectivity index (χ0) is 14.0. The Balaban J connectivity index is 2.02. The maximum absolute atomic E-state index is 12.2. The summed E-state index contributed by atoms with van der Waals surface area (Å²) in [5.41, 5.74) is -0.799. The van der Waals surface area contributed by atoms with Crippen molar-refractivity contribution in [1.82, 2.24) is 10.2 Å². The molecule has 19 heavy (non-hydrogen) atoms. The third kappa shape index (κ3) is 2.57. The third-order valence-corrected chi connectivity index (χ3v) is 4.14. The molecule has 2 saturated heterocycles. The number of amides is 2. The van der Waals surface area contributed by atoms with Crippen LogP contribution in [0.2, 0.25) is 0 Å². The molecule has 106 valence electrons. The molecule has 2 fully saturated rings. The Morgan fingerprint density at radius 3 is 2.79 bits per heavy atom. The highest BCUT2D eigenvalue weighted by Crippen LogP contribution is 2.36. The van der Waals surface area contributed by atoms with Gasteiger partial charge in [0.25, 0.3) is 0 Å². The Bertz CT molecular complexity index is 409. The van der Waals surface area contributed by atoms with Gasteiger partial charge in [-0.15, -0.1) is 0 Å². The molecule has 2 heterocycles. The molecular weight excluding hydrogens is 248 g/mol. The van der Waals surface area contributed by atoms with Crippen molar-refractivity contribution in [2.24, 2.45) is 5.41 Å². The van der Waals surface area contributed by atoms with Gasteiger partial charge in [-0.2, -0.15) is 0 Å². The summed E-state index contributed by atoms with van der Waals surface area (Å²) in [7, 11) is 0. The Morgan fingerprint density at radius 1 is 1.53 bits per heavy atom. The largest absolute Gasteiger partial charge is 0.481 e. The number of hydrogen-bond acceptors (Lipinski definition) is 3. The monoisotopic (exact) mass is 268 g/mol. The van der Waals surface area contributed by atoms with Crippen LogP contribution < -0.4 is 5.32 Å². The fourth-order valence-corrected chi connectivity index (χ4v) is 3.04. The van der Waals surface area contributed by atoms with Crippen LogP contribution in [0.3, 0.4) is 0 Å². The summed E-state index contributed by atoms with van der Waals surface area (Å²) in [6.45, 7) is 2.69. The van der Waals surface area contributed by atoms with Crippen LogP contribution in [0, 0.1) is 5.41 Å². The fraction of sp³-hybridized carbons (Fsp3) is 0.769. The van der Waals surface area contributed by atoms with Gasteiger partial charge in [-0.25, -0.2) is 0 Å². The van der Waals surface area contributed by atoms with Crippen molar-refractivity contribution in [3.8, 4) is 0 Å². The minimum atomic E-state index is -0.819. The number of carboxylic acid groups (broad SMARTS) is 1. The Labute approximate surface area is 112 Å². The van der Waals surface area contributed by atoms with Crippen molar-refractivity contribution in [2.75, 3.05) is 13.1 Å². The van der Waals surface area contributed by atoms with E-state index in [-0.39, 0.29) is 18.4 Å². The molecule has 0 aromatic rings. The average molecular weight is 268 g/mol. The van der Waals surface area contributed by atoms with E-state index in [1.807, 2.05) is 6.92 Å². The number of hydrogen-bond donors (Lipinski definition) is 2. The van der Waals surface area contributed by atoms with E-state index in [9.17, 15) is 19.5 Å². The van der Waals surface area contributed by atoms with Gasteiger partial charge < -0.3 is 15.3 Å². The van der Waals surface area contributed by atoms with E-state index in [2.05, 4.69) is 5.32 Å². The molecule has 2 atom stereocenters. The second kappa shape index (κ2) is 5.19. The van der Waals surface area contributed by atoms with Crippen LogP contribution in [0.1, 0.15) is 39.0 Å². The first-order valence-corrected chi connectivity index (χ1v) is 6.80. The van der Waals surface area contributed by atoms with Crippen molar-refractivity contribution >= 4 is 17.8 Å². The van der Waals surface area contributed by atoms with Gasteiger partial charge in [-0.05, 0) is 19.3 Å². The molecule has 0 radical (unpaired) electrons. The van der Waals surface area contributed by atoms with Gasteiger partial charge in [0.05, 0.1) is 5.41 Å². The first-order chi connectivity index (χ1) is 8.98. The summed E-state index contributed by atoms with van der Waals surface area (Å²) < 4.78 is 0. The van der Waals surface area contributed by atoms with Gasteiger partial charge in [-0.1, -0.05) is 13.3 Å². The van der Waals surface area contributed by atoms with E-state index < -0.39 is 17.4 Å². The topological polar surface area (TPSA) is 86.7 Å². The lowest BCUT2D eigenvalue weighted by molar-refractivity contribution is -0.149. The van der Waals surface area contributed by atoms with E-state index in [0.717, 1.165) is 6.42 Å². The number of likely N-dealkylation sites (tertiary alicyclic amines) is 1. The lowest BCUT2D eigenvalue weighted by Gasteiger charge is -2.25. The van der Waals surface area contributed by atoms with Gasteiger partial charge in [0.15, 0.2) is 0 Å². The van der Waals surface area contributed by atoms with Crippen LogP contribution in [-0.4, -0.2) is 46.9 Å². The highest BCUT2D eigenvalue weighted by molar-refractivity contribution is 5.91. The molecule has 0 bridgehead atoms. The summed E-state index contributed by atoms with van der Waals surface area (Å²) in [4.78, 5) is 36.4. The molecule has 2 aliphatic rings. The lowest BCUT2D eigenvalue weighted by Crippen LogP contribution is -2.45. The molecule has 2 N–H and O–H groups in total. The van der Waals surface area contributed by atoms with Crippen molar-refractivity contribution in [1.29, 1.82) is 0 Å². The molecule has 0 saturated carbocycles. The zero-order valence-corrected chi connectivity index (χ0v) is 11.1. The third-order valence-electron chi connectivity index (χ3n) is 4.14. The van der Waals surface area contributed by atoms with Crippen LogP contribution >= 0.6 is 0 Å². The van der Waals surface area contributed by atoms with Crippen LogP contribution in [0.4, 0.5) is 0 Å². The van der Waals surface area contributed by atoms with Gasteiger partial charge in [-0.3, -0.25) is 14.4 Å². The van der Waals surface area contributed by atoms with Crippen molar-refractivity contribution in [2.45, 2.75) is 45.1 Å². The molecule has 0 spiro atoms. The maximum Gasteiger partial charge on any atom is 0.311 e. The van der Waals surface area contributed by atoms with Crippen molar-refractivity contribution in [3.05, 3.63) is 0 Å². The normalized spacial score (nSPS) is 30.5. The highest BCUT2D eigenvalue weighted by atomic mass is 16.4. The van der Waals surface area contributed by atoms with Gasteiger partial charge >= 0.3 is 5.97 Å². The molecule has 6 heteroatoms. The summed E-state index contributed by atoms with van der Waals surface area (Å²) in [5.74, 6) is -1.05. The smallest absolute Gasteiger partial charge is 0.311 e. The highest BCUT2D eigenvalue weighted by Gasteiger charge is 2.46. The zero-order valence-electron chi connectivity index (χ0n) is 11.1. The predicted molar refractivity (Wildman–Crippen MR) is 67.3 cm³/mol. The van der Waals surface area contributed by atoms with Crippen molar-refractivity contribution in [3.63, 3.8) is 0 Å². The van der Waals surface area contributed by atoms with Crippen LogP contribution in [-0.2, 0) is 14.4 Å². The Kier molecular flexibility index (Phi) is 3.78. The second-order valence-corrected chi connectivity index (χ2v) is 5.50. The molecule has 0 aliphatic carbocycles. The van der Waals surface area contributed by atoms with Crippen LogP contribution in [0.15, 0.2) is 0 Å². The van der Waals surface area contributed by atoms with Crippen LogP contribution in [0.25, 0.3) is 0 Å². The number of nitrogens with one attached hydrogen (secondary N) is 1.